The SMILES string of the molecule is COc1nc(-c2c(C3CC3)c(Cl)cc3c2cnn3PI)c(F)c2nc(S(C)(=O)=O)nc(N3CCCOCC3)c12. The minimum Gasteiger partial charge on any atom is -0.480 e. The summed E-state index contributed by atoms with van der Waals surface area (Å²) in [5.41, 5.74) is 1.91. The second-order valence-corrected chi connectivity index (χ2v) is 13.9. The number of sulfone groups is 1. The Bertz CT molecular complexity index is 1730. The van der Waals surface area contributed by atoms with Crippen LogP contribution in [-0.2, 0) is 14.6 Å². The molecule has 0 radical (unpaired) electrons. The maximum Gasteiger partial charge on any atom is 0.249 e. The lowest BCUT2D eigenvalue weighted by Gasteiger charge is -2.24. The molecule has 0 N–H and O–H groups in total. The van der Waals surface area contributed by atoms with Crippen LogP contribution in [0.15, 0.2) is 17.4 Å². The van der Waals surface area contributed by atoms with E-state index in [2.05, 4.69) is 42.1 Å². The molecule has 1 saturated carbocycles. The minimum atomic E-state index is -3.87. The van der Waals surface area contributed by atoms with Crippen molar-refractivity contribution in [2.75, 3.05) is 44.6 Å². The van der Waals surface area contributed by atoms with E-state index >= 15 is 4.39 Å². The summed E-state index contributed by atoms with van der Waals surface area (Å²) >= 11 is 9.03. The zero-order valence-electron chi connectivity index (χ0n) is 21.0. The van der Waals surface area contributed by atoms with Crippen LogP contribution in [0.3, 0.4) is 0 Å². The Morgan fingerprint density at radius 3 is 2.72 bits per heavy atom. The number of hydrogen-bond acceptors (Lipinski definition) is 9. The van der Waals surface area contributed by atoms with Crippen LogP contribution in [0.4, 0.5) is 10.2 Å². The third-order valence-corrected chi connectivity index (χ3v) is 9.97. The van der Waals surface area contributed by atoms with Crippen LogP contribution in [0, 0.1) is 5.82 Å². The molecule has 39 heavy (non-hydrogen) atoms. The predicted molar refractivity (Wildman–Crippen MR) is 158 cm³/mol. The molecule has 6 rings (SSSR count). The Kier molecular flexibility index (Phi) is 7.32. The van der Waals surface area contributed by atoms with Crippen LogP contribution < -0.4 is 9.64 Å². The van der Waals surface area contributed by atoms with Crippen LogP contribution in [0.1, 0.15) is 30.7 Å². The second kappa shape index (κ2) is 10.5. The Hall–Kier alpha value is -1.93. The van der Waals surface area contributed by atoms with Gasteiger partial charge in [0.05, 0.1) is 31.8 Å². The van der Waals surface area contributed by atoms with Crippen molar-refractivity contribution in [3.63, 3.8) is 0 Å². The molecule has 3 aromatic heterocycles. The van der Waals surface area contributed by atoms with Gasteiger partial charge in [0.1, 0.15) is 22.4 Å². The Morgan fingerprint density at radius 1 is 1.23 bits per heavy atom. The van der Waals surface area contributed by atoms with Gasteiger partial charge < -0.3 is 14.4 Å². The monoisotopic (exact) mass is 704 g/mol. The van der Waals surface area contributed by atoms with Crippen molar-refractivity contribution in [2.24, 2.45) is 0 Å². The summed E-state index contributed by atoms with van der Waals surface area (Å²) in [4.78, 5) is 15.1. The smallest absolute Gasteiger partial charge is 0.249 e. The van der Waals surface area contributed by atoms with Gasteiger partial charge in [-0.1, -0.05) is 11.6 Å². The number of benzene rings is 1. The van der Waals surface area contributed by atoms with Crippen LogP contribution in [0.2, 0.25) is 5.02 Å². The third-order valence-electron chi connectivity index (χ3n) is 6.93. The van der Waals surface area contributed by atoms with Gasteiger partial charge in [-0.3, -0.25) is 0 Å². The molecular weight excluding hydrogens is 681 g/mol. The highest BCUT2D eigenvalue weighted by Crippen LogP contribution is 2.51. The van der Waals surface area contributed by atoms with Gasteiger partial charge in [0.25, 0.3) is 0 Å². The number of methoxy groups -OCH3 is 1. The molecule has 1 aromatic carbocycles. The fourth-order valence-corrected chi connectivity index (χ4v) is 7.41. The summed E-state index contributed by atoms with van der Waals surface area (Å²) in [5.74, 6) is -0.256. The van der Waals surface area contributed by atoms with Crippen molar-refractivity contribution in [1.29, 1.82) is 0 Å². The molecule has 10 nitrogen and oxygen atoms in total. The van der Waals surface area contributed by atoms with Gasteiger partial charge in [-0.15, -0.1) is 0 Å². The van der Waals surface area contributed by atoms with Crippen molar-refractivity contribution < 1.29 is 22.3 Å². The van der Waals surface area contributed by atoms with Crippen LogP contribution in [0.5, 0.6) is 5.88 Å². The number of nitrogens with zero attached hydrogens (tertiary/aromatic N) is 6. The molecule has 4 heterocycles. The summed E-state index contributed by atoms with van der Waals surface area (Å²) < 4.78 is 55.1. The zero-order chi connectivity index (χ0) is 27.5. The predicted octanol–water partition coefficient (Wildman–Crippen LogP) is 5.14. The molecular formula is C24H24ClFIN6O4PS. The molecule has 2 aliphatic rings. The first-order chi connectivity index (χ1) is 18.7. The van der Waals surface area contributed by atoms with Crippen molar-refractivity contribution in [3.05, 3.63) is 28.7 Å². The lowest BCUT2D eigenvalue weighted by molar-refractivity contribution is 0.152. The van der Waals surface area contributed by atoms with Gasteiger partial charge in [-0.25, -0.2) is 32.2 Å². The molecule has 1 aliphatic heterocycles. The van der Waals surface area contributed by atoms with E-state index in [1.807, 2.05) is 15.4 Å². The van der Waals surface area contributed by atoms with E-state index in [0.29, 0.717) is 55.1 Å². The molecule has 1 aliphatic carbocycles. The highest BCUT2D eigenvalue weighted by molar-refractivity contribution is 14.2. The first kappa shape index (κ1) is 27.3. The van der Waals surface area contributed by atoms with E-state index in [9.17, 15) is 8.42 Å². The third kappa shape index (κ3) is 4.83. The molecule has 4 aromatic rings. The van der Waals surface area contributed by atoms with Crippen molar-refractivity contribution in [2.45, 2.75) is 30.3 Å². The van der Waals surface area contributed by atoms with Crippen LogP contribution in [0.25, 0.3) is 33.1 Å². The number of hydrogen-bond donors (Lipinski definition) is 0. The Balaban J connectivity index is 1.71. The molecule has 0 amide bonds. The topological polar surface area (TPSA) is 112 Å². The highest BCUT2D eigenvalue weighted by atomic mass is 127. The van der Waals surface area contributed by atoms with Crippen LogP contribution in [-0.4, -0.2) is 72.6 Å². The number of aromatic nitrogens is 5. The Labute approximate surface area is 243 Å². The Morgan fingerprint density at radius 2 is 2.03 bits per heavy atom. The summed E-state index contributed by atoms with van der Waals surface area (Å²) in [6, 6.07) is 1.87. The van der Waals surface area contributed by atoms with Gasteiger partial charge >= 0.3 is 0 Å². The van der Waals surface area contributed by atoms with Crippen molar-refractivity contribution in [3.8, 4) is 17.1 Å². The number of fused-ring (bicyclic) bond motifs is 2. The van der Waals surface area contributed by atoms with E-state index in [0.717, 1.165) is 30.2 Å². The molecule has 206 valence electrons. The van der Waals surface area contributed by atoms with Gasteiger partial charge in [0.2, 0.25) is 20.9 Å². The average molecular weight is 705 g/mol. The van der Waals surface area contributed by atoms with Crippen LogP contribution >= 0.6 is 40.0 Å². The summed E-state index contributed by atoms with van der Waals surface area (Å²) in [6.07, 6.45) is 5.56. The number of pyridine rings is 1. The molecule has 1 saturated heterocycles. The van der Waals surface area contributed by atoms with E-state index in [-0.39, 0.29) is 34.2 Å². The lowest BCUT2D eigenvalue weighted by atomic mass is 9.95. The first-order valence-electron chi connectivity index (χ1n) is 12.3. The quantitative estimate of drug-likeness (QED) is 0.153. The summed E-state index contributed by atoms with van der Waals surface area (Å²) in [5, 5.41) is 5.45. The molecule has 1 unspecified atom stereocenters. The molecule has 1 atom stereocenters. The maximum atomic E-state index is 16.8. The van der Waals surface area contributed by atoms with E-state index < -0.39 is 20.8 Å². The highest BCUT2D eigenvalue weighted by Gasteiger charge is 2.34. The number of halogens is 3. The van der Waals surface area contributed by atoms with Gasteiger partial charge in [-0.05, 0) is 58.9 Å². The normalized spacial score (nSPS) is 17.0. The minimum absolute atomic E-state index is 0.00612. The summed E-state index contributed by atoms with van der Waals surface area (Å²) in [6.45, 7) is 1.97. The van der Waals surface area contributed by atoms with Crippen molar-refractivity contribution >= 4 is 77.5 Å². The van der Waals surface area contributed by atoms with Gasteiger partial charge in [-0.2, -0.15) is 5.10 Å². The number of anilines is 1. The first-order valence-corrected chi connectivity index (χ1v) is 18.6. The summed E-state index contributed by atoms with van der Waals surface area (Å²) in [7, 11) is -2.44. The van der Waals surface area contributed by atoms with E-state index in [1.54, 1.807) is 6.20 Å². The fourth-order valence-electron chi connectivity index (χ4n) is 5.01. The zero-order valence-corrected chi connectivity index (χ0v) is 25.8. The molecule has 0 spiro atoms. The lowest BCUT2D eigenvalue weighted by Crippen LogP contribution is -2.28. The molecule has 2 fully saturated rings. The fraction of sp³-hybridized carbons (Fsp3) is 0.417. The molecule has 0 bridgehead atoms. The average Bonchev–Trinajstić information content (AvgIpc) is 3.71. The van der Waals surface area contributed by atoms with Gasteiger partial charge in [0, 0.05) is 41.9 Å². The molecule has 15 heteroatoms. The standard InChI is InChI=1S/C24H24ClFIN6O4PS/c1-36-23-18-21(30-24(39(2,34)35)31-22(18)32-6-3-8-37-9-7-32)19(26)20(29-23)17-13-11-28-33(38-27)15(13)10-14(25)16(17)12-4-5-12/h10-12,38H,3-9H2,1-2H3. The van der Waals surface area contributed by atoms with E-state index in [4.69, 9.17) is 21.1 Å². The van der Waals surface area contributed by atoms with Gasteiger partial charge in [0.15, 0.2) is 5.82 Å². The van der Waals surface area contributed by atoms with E-state index in [1.165, 1.54) is 7.11 Å². The van der Waals surface area contributed by atoms with Crippen molar-refractivity contribution in [1.82, 2.24) is 24.5 Å². The number of rotatable bonds is 6. The number of ether oxygens (including phenoxy) is 2. The maximum absolute atomic E-state index is 16.8. The largest absolute Gasteiger partial charge is 0.480 e. The second-order valence-electron chi connectivity index (χ2n) is 9.56.